The smallest absolute Gasteiger partial charge is 0.323 e. The van der Waals surface area contributed by atoms with Gasteiger partial charge in [-0.3, -0.25) is 10.1 Å². The molecule has 7 heteroatoms. The van der Waals surface area contributed by atoms with E-state index in [0.717, 1.165) is 22.4 Å². The molecule has 204 valence electrons. The second-order valence-corrected chi connectivity index (χ2v) is 9.63. The molecule has 0 aromatic heterocycles. The van der Waals surface area contributed by atoms with Crippen LogP contribution in [0.15, 0.2) is 84.9 Å². The fourth-order valence-corrected chi connectivity index (χ4v) is 4.59. The molecule has 0 saturated carbocycles. The summed E-state index contributed by atoms with van der Waals surface area (Å²) in [4.78, 5) is 11.4. The molecule has 0 bridgehead atoms. The average molecular weight is 536 g/mol. The molecule has 0 aliphatic carbocycles. The van der Waals surface area contributed by atoms with Crippen molar-refractivity contribution in [2.45, 2.75) is 39.6 Å². The summed E-state index contributed by atoms with van der Waals surface area (Å²) in [5.74, 6) is -0.531. The number of rotatable bonds is 12. The minimum absolute atomic E-state index is 0.204. The topological polar surface area (TPSA) is 115 Å². The lowest BCUT2D eigenvalue weighted by Gasteiger charge is -2.20. The Kier molecular flexibility index (Phi) is 9.53. The fraction of sp³-hybridized carbons (Fsp3) is 0.212. The Morgan fingerprint density at radius 2 is 1.75 bits per heavy atom. The number of hydrogen-bond donors (Lipinski definition) is 4. The number of nitriles is 1. The molecule has 0 fully saturated rings. The number of aliphatic hydroxyl groups excluding tert-OH is 1. The minimum atomic E-state index is -1.12. The summed E-state index contributed by atoms with van der Waals surface area (Å²) in [6.07, 6.45) is 0. The summed E-state index contributed by atoms with van der Waals surface area (Å²) in [5, 5.41) is 34.4. The SMILES string of the molecule is Cc1cc(NCc2cccc(-c3ccccc3)c2C)cc(OCc2cccc(C#N)c2)c1CN[C@H](CO)C(=O)O. The highest BCUT2D eigenvalue weighted by Gasteiger charge is 2.18. The molecule has 0 unspecified atom stereocenters. The first-order valence-electron chi connectivity index (χ1n) is 13.1. The molecule has 4 N–H and O–H groups in total. The van der Waals surface area contributed by atoms with Gasteiger partial charge in [-0.2, -0.15) is 5.26 Å². The molecule has 0 aliphatic rings. The summed E-state index contributed by atoms with van der Waals surface area (Å²) in [7, 11) is 0. The molecular weight excluding hydrogens is 502 g/mol. The monoisotopic (exact) mass is 535 g/mol. The van der Waals surface area contributed by atoms with E-state index < -0.39 is 18.6 Å². The van der Waals surface area contributed by atoms with Crippen LogP contribution in [0.3, 0.4) is 0 Å². The molecule has 0 spiro atoms. The van der Waals surface area contributed by atoms with Crippen molar-refractivity contribution in [3.05, 3.63) is 118 Å². The Labute approximate surface area is 234 Å². The largest absolute Gasteiger partial charge is 0.488 e. The van der Waals surface area contributed by atoms with Gasteiger partial charge in [0.2, 0.25) is 0 Å². The van der Waals surface area contributed by atoms with Gasteiger partial charge in [0.05, 0.1) is 18.2 Å². The van der Waals surface area contributed by atoms with E-state index >= 15 is 0 Å². The van der Waals surface area contributed by atoms with Crippen LogP contribution in [0.5, 0.6) is 5.75 Å². The van der Waals surface area contributed by atoms with Crippen LogP contribution in [0.2, 0.25) is 0 Å². The molecule has 7 nitrogen and oxygen atoms in total. The standard InChI is InChI=1S/C33H33N3O4/c1-22-14-28(35-18-27-12-7-13-29(23(27)2)26-10-4-3-5-11-26)16-32(30(22)19-36-31(20-37)33(38)39)40-21-25-9-6-8-24(15-25)17-34/h3-16,31,35-37H,18-21H2,1-2H3,(H,38,39)/t31-/m1/s1. The van der Waals surface area contributed by atoms with Gasteiger partial charge in [-0.15, -0.1) is 0 Å². The number of hydrogen-bond acceptors (Lipinski definition) is 6. The third-order valence-corrected chi connectivity index (χ3v) is 6.90. The Balaban J connectivity index is 1.58. The highest BCUT2D eigenvalue weighted by atomic mass is 16.5. The van der Waals surface area contributed by atoms with Gasteiger partial charge >= 0.3 is 5.97 Å². The molecule has 4 rings (SSSR count). The zero-order valence-electron chi connectivity index (χ0n) is 22.6. The van der Waals surface area contributed by atoms with E-state index in [1.807, 2.05) is 49.4 Å². The third-order valence-electron chi connectivity index (χ3n) is 6.90. The van der Waals surface area contributed by atoms with Crippen molar-refractivity contribution in [2.75, 3.05) is 11.9 Å². The summed E-state index contributed by atoms with van der Waals surface area (Å²) < 4.78 is 6.22. The van der Waals surface area contributed by atoms with E-state index in [2.05, 4.69) is 54.0 Å². The molecule has 0 saturated heterocycles. The first-order valence-corrected chi connectivity index (χ1v) is 13.1. The maximum atomic E-state index is 11.4. The number of carbonyl (C=O) groups is 1. The van der Waals surface area contributed by atoms with Gasteiger partial charge < -0.3 is 20.3 Å². The number of carboxylic acids is 1. The van der Waals surface area contributed by atoms with Crippen molar-refractivity contribution in [3.63, 3.8) is 0 Å². The minimum Gasteiger partial charge on any atom is -0.488 e. The maximum Gasteiger partial charge on any atom is 0.323 e. The lowest BCUT2D eigenvalue weighted by molar-refractivity contribution is -0.140. The Morgan fingerprint density at radius 3 is 2.48 bits per heavy atom. The molecule has 0 heterocycles. The van der Waals surface area contributed by atoms with Crippen LogP contribution >= 0.6 is 0 Å². The lowest BCUT2D eigenvalue weighted by Crippen LogP contribution is -2.39. The zero-order chi connectivity index (χ0) is 28.5. The van der Waals surface area contributed by atoms with Gasteiger partial charge in [0.1, 0.15) is 18.4 Å². The van der Waals surface area contributed by atoms with E-state index in [-0.39, 0.29) is 13.2 Å². The van der Waals surface area contributed by atoms with Gasteiger partial charge in [0, 0.05) is 30.4 Å². The number of aliphatic carboxylic acids is 1. The number of aryl methyl sites for hydroxylation is 1. The third kappa shape index (κ3) is 7.06. The molecule has 0 aliphatic heterocycles. The summed E-state index contributed by atoms with van der Waals surface area (Å²) in [6, 6.07) is 28.8. The van der Waals surface area contributed by atoms with E-state index in [4.69, 9.17) is 4.74 Å². The van der Waals surface area contributed by atoms with E-state index in [1.165, 1.54) is 22.3 Å². The number of ether oxygens (including phenoxy) is 1. The Morgan fingerprint density at radius 1 is 0.975 bits per heavy atom. The van der Waals surface area contributed by atoms with E-state index in [9.17, 15) is 20.3 Å². The summed E-state index contributed by atoms with van der Waals surface area (Å²) in [5.41, 5.74) is 8.72. The van der Waals surface area contributed by atoms with Gasteiger partial charge in [0.15, 0.2) is 0 Å². The van der Waals surface area contributed by atoms with Crippen LogP contribution in [0.25, 0.3) is 11.1 Å². The zero-order valence-corrected chi connectivity index (χ0v) is 22.6. The molecule has 1 atom stereocenters. The number of nitrogens with one attached hydrogen (secondary N) is 2. The van der Waals surface area contributed by atoms with Gasteiger partial charge in [-0.05, 0) is 65.4 Å². The van der Waals surface area contributed by atoms with Crippen molar-refractivity contribution in [2.24, 2.45) is 0 Å². The first kappa shape index (κ1) is 28.4. The lowest BCUT2D eigenvalue weighted by atomic mass is 9.96. The second kappa shape index (κ2) is 13.4. The number of carboxylic acid groups (broad SMARTS) is 1. The number of nitrogens with zero attached hydrogens (tertiary/aromatic N) is 1. The Hall–Kier alpha value is -4.64. The van der Waals surface area contributed by atoms with Crippen molar-refractivity contribution in [1.82, 2.24) is 5.32 Å². The van der Waals surface area contributed by atoms with Crippen LogP contribution in [-0.4, -0.2) is 28.8 Å². The first-order chi connectivity index (χ1) is 19.4. The summed E-state index contributed by atoms with van der Waals surface area (Å²) >= 11 is 0. The van der Waals surface area contributed by atoms with Gasteiger partial charge in [-0.1, -0.05) is 60.7 Å². The van der Waals surface area contributed by atoms with Crippen LogP contribution in [0.4, 0.5) is 5.69 Å². The number of benzene rings is 4. The predicted octanol–water partition coefficient (Wildman–Crippen LogP) is 5.57. The second-order valence-electron chi connectivity index (χ2n) is 9.63. The van der Waals surface area contributed by atoms with Crippen molar-refractivity contribution in [1.29, 1.82) is 5.26 Å². The normalized spacial score (nSPS) is 11.4. The van der Waals surface area contributed by atoms with Crippen LogP contribution in [0.1, 0.15) is 33.4 Å². The molecular formula is C33H33N3O4. The highest BCUT2D eigenvalue weighted by Crippen LogP contribution is 2.30. The predicted molar refractivity (Wildman–Crippen MR) is 156 cm³/mol. The molecule has 0 radical (unpaired) electrons. The fourth-order valence-electron chi connectivity index (χ4n) is 4.59. The molecule has 4 aromatic rings. The Bertz CT molecular complexity index is 1510. The molecule has 0 amide bonds. The maximum absolute atomic E-state index is 11.4. The number of anilines is 1. The number of aliphatic hydroxyl groups is 1. The van der Waals surface area contributed by atoms with Crippen LogP contribution < -0.4 is 15.4 Å². The van der Waals surface area contributed by atoms with Crippen LogP contribution in [-0.2, 0) is 24.5 Å². The average Bonchev–Trinajstić information content (AvgIpc) is 2.97. The van der Waals surface area contributed by atoms with E-state index in [0.29, 0.717) is 17.9 Å². The van der Waals surface area contributed by atoms with Crippen molar-refractivity contribution >= 4 is 11.7 Å². The van der Waals surface area contributed by atoms with Gasteiger partial charge in [0.25, 0.3) is 0 Å². The highest BCUT2D eigenvalue weighted by molar-refractivity contribution is 5.73. The molecule has 40 heavy (non-hydrogen) atoms. The van der Waals surface area contributed by atoms with Crippen LogP contribution in [0, 0.1) is 25.2 Å². The quantitative estimate of drug-likeness (QED) is 0.188. The van der Waals surface area contributed by atoms with Crippen molar-refractivity contribution in [3.8, 4) is 22.9 Å². The van der Waals surface area contributed by atoms with Gasteiger partial charge in [-0.25, -0.2) is 0 Å². The summed E-state index contributed by atoms with van der Waals surface area (Å²) in [6.45, 7) is 4.61. The molecule has 4 aromatic carbocycles. The van der Waals surface area contributed by atoms with Crippen molar-refractivity contribution < 1.29 is 19.7 Å². The van der Waals surface area contributed by atoms with E-state index in [1.54, 1.807) is 12.1 Å².